The molecule has 0 bridgehead atoms. The third-order valence-corrected chi connectivity index (χ3v) is 2.61. The number of ether oxygens (including phenoxy) is 1. The monoisotopic (exact) mass is 297 g/mol. The van der Waals surface area contributed by atoms with Crippen molar-refractivity contribution >= 4 is 5.82 Å². The molecule has 0 saturated heterocycles. The molecule has 2 aromatic heterocycles. The lowest BCUT2D eigenvalue weighted by Crippen LogP contribution is -2.13. The summed E-state index contributed by atoms with van der Waals surface area (Å²) in [5.74, 6) is 0.876. The average Bonchev–Trinajstić information content (AvgIpc) is 2.43. The molecule has 0 aliphatic heterocycles. The van der Waals surface area contributed by atoms with Gasteiger partial charge in [-0.1, -0.05) is 6.07 Å². The molecule has 0 fully saturated rings. The van der Waals surface area contributed by atoms with Crippen LogP contribution in [0.2, 0.25) is 0 Å². The lowest BCUT2D eigenvalue weighted by Gasteiger charge is -2.09. The molecule has 0 unspecified atom stereocenters. The van der Waals surface area contributed by atoms with Crippen molar-refractivity contribution in [1.82, 2.24) is 9.97 Å². The molecule has 0 amide bonds. The van der Waals surface area contributed by atoms with Crippen LogP contribution in [0.5, 0.6) is 5.88 Å². The molecule has 0 spiro atoms. The van der Waals surface area contributed by atoms with Gasteiger partial charge in [-0.05, 0) is 25.1 Å². The molecule has 4 nitrogen and oxygen atoms in total. The Hall–Kier alpha value is -2.31. The van der Waals surface area contributed by atoms with E-state index in [1.165, 1.54) is 6.07 Å². The molecule has 112 valence electrons. The smallest absolute Gasteiger partial charge is 0.417 e. The van der Waals surface area contributed by atoms with Crippen LogP contribution in [0.4, 0.5) is 19.0 Å². The van der Waals surface area contributed by atoms with Gasteiger partial charge in [0.1, 0.15) is 12.4 Å². The Bertz CT molecular complexity index is 585. The van der Waals surface area contributed by atoms with Gasteiger partial charge in [-0.15, -0.1) is 0 Å². The lowest BCUT2D eigenvalue weighted by molar-refractivity contribution is -0.137. The zero-order chi connectivity index (χ0) is 15.3. The number of hydrogen-bond donors (Lipinski definition) is 1. The highest BCUT2D eigenvalue weighted by molar-refractivity contribution is 5.34. The van der Waals surface area contributed by atoms with Crippen LogP contribution in [0.25, 0.3) is 0 Å². The molecular weight excluding hydrogens is 283 g/mol. The summed E-state index contributed by atoms with van der Waals surface area (Å²) in [6.07, 6.45) is -3.63. The second-order valence-electron chi connectivity index (χ2n) is 4.32. The maximum atomic E-state index is 12.3. The van der Waals surface area contributed by atoms with Crippen molar-refractivity contribution in [3.63, 3.8) is 0 Å². The maximum Gasteiger partial charge on any atom is 0.417 e. The number of nitrogens with zero attached hydrogens (tertiary/aromatic N) is 2. The van der Waals surface area contributed by atoms with E-state index in [4.69, 9.17) is 4.74 Å². The van der Waals surface area contributed by atoms with Gasteiger partial charge in [0.2, 0.25) is 5.88 Å². The maximum absolute atomic E-state index is 12.3. The fraction of sp³-hybridized carbons (Fsp3) is 0.286. The van der Waals surface area contributed by atoms with E-state index in [0.29, 0.717) is 6.54 Å². The zero-order valence-electron chi connectivity index (χ0n) is 11.3. The lowest BCUT2D eigenvalue weighted by atomic mass is 10.3. The Morgan fingerprint density at radius 1 is 1.19 bits per heavy atom. The third-order valence-electron chi connectivity index (χ3n) is 2.61. The number of aromatic nitrogens is 2. The van der Waals surface area contributed by atoms with Gasteiger partial charge in [-0.3, -0.25) is 0 Å². The van der Waals surface area contributed by atoms with E-state index >= 15 is 0 Å². The number of pyridine rings is 2. The van der Waals surface area contributed by atoms with E-state index < -0.39 is 11.7 Å². The van der Waals surface area contributed by atoms with E-state index in [1.54, 1.807) is 0 Å². The van der Waals surface area contributed by atoms with E-state index in [2.05, 4.69) is 15.3 Å². The van der Waals surface area contributed by atoms with E-state index in [-0.39, 0.29) is 12.5 Å². The van der Waals surface area contributed by atoms with Crippen LogP contribution in [0.15, 0.2) is 36.5 Å². The summed E-state index contributed by atoms with van der Waals surface area (Å²) in [6.45, 7) is 2.63. The number of alkyl halides is 3. The van der Waals surface area contributed by atoms with E-state index in [0.717, 1.165) is 23.8 Å². The first-order valence-electron chi connectivity index (χ1n) is 6.29. The number of halogens is 3. The van der Waals surface area contributed by atoms with Crippen LogP contribution in [0, 0.1) is 6.92 Å². The van der Waals surface area contributed by atoms with Gasteiger partial charge in [0.25, 0.3) is 0 Å². The minimum atomic E-state index is -4.38. The van der Waals surface area contributed by atoms with Crippen molar-refractivity contribution in [2.75, 3.05) is 18.5 Å². The Kier molecular flexibility index (Phi) is 4.62. The Morgan fingerprint density at radius 3 is 2.62 bits per heavy atom. The van der Waals surface area contributed by atoms with Crippen molar-refractivity contribution in [3.8, 4) is 5.88 Å². The molecule has 2 rings (SSSR count). The van der Waals surface area contributed by atoms with E-state index in [1.807, 2.05) is 25.1 Å². The molecule has 7 heteroatoms. The van der Waals surface area contributed by atoms with Crippen LogP contribution in [0.1, 0.15) is 11.3 Å². The zero-order valence-corrected chi connectivity index (χ0v) is 11.3. The van der Waals surface area contributed by atoms with Crippen LogP contribution >= 0.6 is 0 Å². The average molecular weight is 297 g/mol. The van der Waals surface area contributed by atoms with Gasteiger partial charge in [0, 0.05) is 18.0 Å². The number of rotatable bonds is 5. The van der Waals surface area contributed by atoms with E-state index in [9.17, 15) is 13.2 Å². The molecule has 1 N–H and O–H groups in total. The van der Waals surface area contributed by atoms with Gasteiger partial charge < -0.3 is 10.1 Å². The summed E-state index contributed by atoms with van der Waals surface area (Å²) >= 11 is 0. The predicted molar refractivity (Wildman–Crippen MR) is 72.2 cm³/mol. The van der Waals surface area contributed by atoms with Gasteiger partial charge in [0.05, 0.1) is 12.1 Å². The molecule has 2 heterocycles. The Labute approximate surface area is 120 Å². The topological polar surface area (TPSA) is 47.0 Å². The largest absolute Gasteiger partial charge is 0.476 e. The van der Waals surface area contributed by atoms with Gasteiger partial charge in [-0.2, -0.15) is 13.2 Å². The standard InChI is InChI=1S/C14H14F3N3O/c1-10-3-2-4-12(20-10)18-7-8-21-13-6-5-11(9-19-13)14(15,16)17/h2-6,9H,7-8H2,1H3,(H,18,20). The predicted octanol–water partition coefficient (Wildman–Crippen LogP) is 3.29. The molecule has 0 aromatic carbocycles. The highest BCUT2D eigenvalue weighted by Crippen LogP contribution is 2.29. The summed E-state index contributed by atoms with van der Waals surface area (Å²) in [4.78, 5) is 7.87. The summed E-state index contributed by atoms with van der Waals surface area (Å²) < 4.78 is 42.3. The summed E-state index contributed by atoms with van der Waals surface area (Å²) in [6, 6.07) is 7.73. The second-order valence-corrected chi connectivity index (χ2v) is 4.32. The fourth-order valence-corrected chi connectivity index (χ4v) is 1.61. The molecule has 0 saturated carbocycles. The molecular formula is C14H14F3N3O. The first kappa shape index (κ1) is 15.1. The third kappa shape index (κ3) is 4.62. The molecule has 2 aromatic rings. The highest BCUT2D eigenvalue weighted by atomic mass is 19.4. The Morgan fingerprint density at radius 2 is 2.00 bits per heavy atom. The summed E-state index contributed by atoms with van der Waals surface area (Å²) in [7, 11) is 0. The minimum absolute atomic E-state index is 0.155. The van der Waals surface area contributed by atoms with Crippen LogP contribution < -0.4 is 10.1 Å². The molecule has 0 aliphatic rings. The number of aryl methyl sites for hydroxylation is 1. The Balaban J connectivity index is 1.79. The molecule has 0 atom stereocenters. The van der Waals surface area contributed by atoms with Crippen LogP contribution in [-0.4, -0.2) is 23.1 Å². The molecule has 0 aliphatic carbocycles. The normalized spacial score (nSPS) is 11.2. The van der Waals surface area contributed by atoms with Gasteiger partial charge in [-0.25, -0.2) is 9.97 Å². The number of nitrogens with one attached hydrogen (secondary N) is 1. The fourth-order valence-electron chi connectivity index (χ4n) is 1.61. The minimum Gasteiger partial charge on any atom is -0.476 e. The summed E-state index contributed by atoms with van der Waals surface area (Å²) in [5.41, 5.74) is 0.0993. The molecule has 0 radical (unpaired) electrons. The van der Waals surface area contributed by atoms with Crippen molar-refractivity contribution in [2.24, 2.45) is 0 Å². The van der Waals surface area contributed by atoms with Gasteiger partial charge in [0.15, 0.2) is 0 Å². The number of hydrogen-bond acceptors (Lipinski definition) is 4. The van der Waals surface area contributed by atoms with Crippen LogP contribution in [-0.2, 0) is 6.18 Å². The SMILES string of the molecule is Cc1cccc(NCCOc2ccc(C(F)(F)F)cn2)n1. The quantitative estimate of drug-likeness (QED) is 0.860. The summed E-state index contributed by atoms with van der Waals surface area (Å²) in [5, 5.41) is 3.05. The van der Waals surface area contributed by atoms with Gasteiger partial charge >= 0.3 is 6.18 Å². The highest BCUT2D eigenvalue weighted by Gasteiger charge is 2.30. The molecule has 21 heavy (non-hydrogen) atoms. The second kappa shape index (κ2) is 6.43. The van der Waals surface area contributed by atoms with Crippen molar-refractivity contribution < 1.29 is 17.9 Å². The van der Waals surface area contributed by atoms with Crippen molar-refractivity contribution in [1.29, 1.82) is 0 Å². The first-order chi connectivity index (χ1) is 9.95. The number of anilines is 1. The van der Waals surface area contributed by atoms with Crippen LogP contribution in [0.3, 0.4) is 0 Å². The van der Waals surface area contributed by atoms with Crippen molar-refractivity contribution in [2.45, 2.75) is 13.1 Å². The van der Waals surface area contributed by atoms with Crippen molar-refractivity contribution in [3.05, 3.63) is 47.8 Å². The first-order valence-corrected chi connectivity index (χ1v) is 6.29.